The minimum Gasteiger partial charge on any atom is -0.480 e. The second kappa shape index (κ2) is 4.45. The molecule has 1 saturated heterocycles. The van der Waals surface area contributed by atoms with Crippen molar-refractivity contribution < 1.29 is 14.3 Å². The fourth-order valence-electron chi connectivity index (χ4n) is 2.37. The summed E-state index contributed by atoms with van der Waals surface area (Å²) in [5.74, 6) is -1.16. The Bertz CT molecular complexity index is 439. The van der Waals surface area contributed by atoms with E-state index >= 15 is 0 Å². The molecule has 0 saturated carbocycles. The minimum atomic E-state index is -0.918. The summed E-state index contributed by atoms with van der Waals surface area (Å²) in [7, 11) is 0. The molecule has 92 valence electrons. The summed E-state index contributed by atoms with van der Waals surface area (Å²) in [4.78, 5) is 11.4. The highest BCUT2D eigenvalue weighted by molar-refractivity contribution is 5.79. The van der Waals surface area contributed by atoms with Gasteiger partial charge in [0.25, 0.3) is 0 Å². The van der Waals surface area contributed by atoms with Crippen molar-refractivity contribution in [3.63, 3.8) is 0 Å². The van der Waals surface area contributed by atoms with Crippen molar-refractivity contribution in [3.8, 4) is 0 Å². The number of hydrogen-bond donors (Lipinski definition) is 2. The van der Waals surface area contributed by atoms with E-state index in [0.29, 0.717) is 19.4 Å². The van der Waals surface area contributed by atoms with Crippen LogP contribution in [0.1, 0.15) is 24.0 Å². The highest BCUT2D eigenvalue weighted by Gasteiger charge is 2.41. The zero-order chi connectivity index (χ0) is 12.5. The number of carboxylic acid groups (broad SMARTS) is 1. The van der Waals surface area contributed by atoms with Crippen LogP contribution < -0.4 is 5.32 Å². The Morgan fingerprint density at radius 2 is 2.35 bits per heavy atom. The van der Waals surface area contributed by atoms with Crippen LogP contribution in [0.4, 0.5) is 4.39 Å². The molecule has 1 aromatic carbocycles. The first kappa shape index (κ1) is 12.0. The lowest BCUT2D eigenvalue weighted by Crippen LogP contribution is -2.49. The maximum atomic E-state index is 13.2. The molecule has 1 fully saturated rings. The summed E-state index contributed by atoms with van der Waals surface area (Å²) in [6.07, 6.45) is 1.78. The van der Waals surface area contributed by atoms with Crippen molar-refractivity contribution in [1.82, 2.24) is 5.32 Å². The van der Waals surface area contributed by atoms with E-state index in [2.05, 4.69) is 5.32 Å². The number of nitrogens with one attached hydrogen (secondary N) is 1. The SMILES string of the molecule is Cc1ccc(F)cc1CC1(C(=O)O)CCCN1. The maximum absolute atomic E-state index is 13.2. The summed E-state index contributed by atoms with van der Waals surface area (Å²) in [6, 6.07) is 4.52. The van der Waals surface area contributed by atoms with Crippen molar-refractivity contribution >= 4 is 5.97 Å². The average Bonchev–Trinajstić information content (AvgIpc) is 2.73. The third kappa shape index (κ3) is 2.31. The summed E-state index contributed by atoms with van der Waals surface area (Å²) in [6.45, 7) is 2.58. The van der Waals surface area contributed by atoms with Gasteiger partial charge in [-0.1, -0.05) is 6.07 Å². The normalized spacial score (nSPS) is 23.9. The van der Waals surface area contributed by atoms with Crippen LogP contribution in [0.5, 0.6) is 0 Å². The lowest BCUT2D eigenvalue weighted by molar-refractivity contribution is -0.144. The first-order valence-corrected chi connectivity index (χ1v) is 5.77. The topological polar surface area (TPSA) is 49.3 Å². The van der Waals surface area contributed by atoms with Gasteiger partial charge in [0.1, 0.15) is 11.4 Å². The Morgan fingerprint density at radius 3 is 2.94 bits per heavy atom. The van der Waals surface area contributed by atoms with Gasteiger partial charge in [-0.2, -0.15) is 0 Å². The highest BCUT2D eigenvalue weighted by Crippen LogP contribution is 2.26. The zero-order valence-corrected chi connectivity index (χ0v) is 9.79. The fraction of sp³-hybridized carbons (Fsp3) is 0.462. The first-order chi connectivity index (χ1) is 8.03. The molecule has 1 aliphatic rings. The number of aryl methyl sites for hydroxylation is 1. The Morgan fingerprint density at radius 1 is 1.59 bits per heavy atom. The third-order valence-electron chi connectivity index (χ3n) is 3.46. The number of hydrogen-bond acceptors (Lipinski definition) is 2. The van der Waals surface area contributed by atoms with E-state index in [9.17, 15) is 14.3 Å². The molecule has 0 spiro atoms. The van der Waals surface area contributed by atoms with Gasteiger partial charge in [-0.15, -0.1) is 0 Å². The van der Waals surface area contributed by atoms with E-state index < -0.39 is 11.5 Å². The van der Waals surface area contributed by atoms with Gasteiger partial charge in [-0.25, -0.2) is 4.39 Å². The van der Waals surface area contributed by atoms with Crippen LogP contribution in [0.15, 0.2) is 18.2 Å². The fourth-order valence-corrected chi connectivity index (χ4v) is 2.37. The highest BCUT2D eigenvalue weighted by atomic mass is 19.1. The van der Waals surface area contributed by atoms with E-state index in [-0.39, 0.29) is 5.82 Å². The van der Waals surface area contributed by atoms with Gasteiger partial charge in [0.2, 0.25) is 0 Å². The van der Waals surface area contributed by atoms with Gasteiger partial charge in [0.05, 0.1) is 0 Å². The molecule has 3 nitrogen and oxygen atoms in total. The summed E-state index contributed by atoms with van der Waals surface area (Å²) < 4.78 is 13.2. The average molecular weight is 237 g/mol. The van der Waals surface area contributed by atoms with Gasteiger partial charge in [0.15, 0.2) is 0 Å². The standard InChI is InChI=1S/C13H16FNO2/c1-9-3-4-11(14)7-10(9)8-13(12(16)17)5-2-6-15-13/h3-4,7,15H,2,5-6,8H2,1H3,(H,16,17). The smallest absolute Gasteiger partial charge is 0.324 e. The van der Waals surface area contributed by atoms with Crippen LogP contribution in [0, 0.1) is 12.7 Å². The number of aliphatic carboxylic acids is 1. The molecular formula is C13H16FNO2. The number of carbonyl (C=O) groups is 1. The Labute approximate surface area is 99.7 Å². The minimum absolute atomic E-state index is 0.316. The van der Waals surface area contributed by atoms with Crippen LogP contribution in [0.3, 0.4) is 0 Å². The molecule has 1 aromatic rings. The molecule has 4 heteroatoms. The summed E-state index contributed by atoms with van der Waals surface area (Å²) in [5, 5.41) is 12.4. The van der Waals surface area contributed by atoms with Gasteiger partial charge in [-0.05, 0) is 49.6 Å². The predicted molar refractivity (Wildman–Crippen MR) is 62.4 cm³/mol. The molecule has 0 amide bonds. The Kier molecular flexibility index (Phi) is 3.15. The van der Waals surface area contributed by atoms with Crippen LogP contribution in [0.25, 0.3) is 0 Å². The Hall–Kier alpha value is -1.42. The number of benzene rings is 1. The van der Waals surface area contributed by atoms with Crippen molar-refractivity contribution in [2.75, 3.05) is 6.54 Å². The molecule has 1 unspecified atom stereocenters. The lowest BCUT2D eigenvalue weighted by Gasteiger charge is -2.25. The molecule has 0 radical (unpaired) electrons. The van der Waals surface area contributed by atoms with Crippen LogP contribution >= 0.6 is 0 Å². The van der Waals surface area contributed by atoms with Gasteiger partial charge in [0, 0.05) is 6.42 Å². The molecule has 2 N–H and O–H groups in total. The number of halogens is 1. The molecular weight excluding hydrogens is 221 g/mol. The number of carboxylic acids is 1. The van der Waals surface area contributed by atoms with E-state index in [4.69, 9.17) is 0 Å². The Balaban J connectivity index is 2.29. The second-order valence-electron chi connectivity index (χ2n) is 4.67. The van der Waals surface area contributed by atoms with Crippen LogP contribution in [0.2, 0.25) is 0 Å². The van der Waals surface area contributed by atoms with E-state index in [1.54, 1.807) is 6.07 Å². The molecule has 0 aromatic heterocycles. The zero-order valence-electron chi connectivity index (χ0n) is 9.79. The predicted octanol–water partition coefficient (Wildman–Crippen LogP) is 1.88. The van der Waals surface area contributed by atoms with E-state index in [0.717, 1.165) is 17.5 Å². The van der Waals surface area contributed by atoms with Crippen molar-refractivity contribution in [3.05, 3.63) is 35.1 Å². The summed E-state index contributed by atoms with van der Waals surface area (Å²) >= 11 is 0. The number of rotatable bonds is 3. The molecule has 2 rings (SSSR count). The molecule has 1 heterocycles. The van der Waals surface area contributed by atoms with Crippen LogP contribution in [-0.4, -0.2) is 23.2 Å². The van der Waals surface area contributed by atoms with Gasteiger partial charge in [-0.3, -0.25) is 4.79 Å². The third-order valence-corrected chi connectivity index (χ3v) is 3.46. The molecule has 1 aliphatic heterocycles. The van der Waals surface area contributed by atoms with E-state index in [1.165, 1.54) is 12.1 Å². The van der Waals surface area contributed by atoms with Crippen molar-refractivity contribution in [2.45, 2.75) is 31.7 Å². The largest absolute Gasteiger partial charge is 0.480 e. The molecule has 0 aliphatic carbocycles. The monoisotopic (exact) mass is 237 g/mol. The van der Waals surface area contributed by atoms with Crippen molar-refractivity contribution in [2.24, 2.45) is 0 Å². The molecule has 17 heavy (non-hydrogen) atoms. The summed E-state index contributed by atoms with van der Waals surface area (Å²) in [5.41, 5.74) is 0.779. The lowest BCUT2D eigenvalue weighted by atomic mass is 9.87. The van der Waals surface area contributed by atoms with Gasteiger partial charge >= 0.3 is 5.97 Å². The second-order valence-corrected chi connectivity index (χ2v) is 4.67. The quantitative estimate of drug-likeness (QED) is 0.844. The van der Waals surface area contributed by atoms with E-state index in [1.807, 2.05) is 6.92 Å². The van der Waals surface area contributed by atoms with Crippen LogP contribution in [-0.2, 0) is 11.2 Å². The first-order valence-electron chi connectivity index (χ1n) is 5.77. The maximum Gasteiger partial charge on any atom is 0.324 e. The van der Waals surface area contributed by atoms with Crippen molar-refractivity contribution in [1.29, 1.82) is 0 Å². The molecule has 0 bridgehead atoms. The molecule has 1 atom stereocenters. The van der Waals surface area contributed by atoms with Gasteiger partial charge < -0.3 is 10.4 Å².